The van der Waals surface area contributed by atoms with Gasteiger partial charge in [0, 0.05) is 42.2 Å². The van der Waals surface area contributed by atoms with Crippen LogP contribution in [-0.2, 0) is 0 Å². The van der Waals surface area contributed by atoms with Crippen molar-refractivity contribution in [2.45, 2.75) is 12.8 Å². The van der Waals surface area contributed by atoms with Crippen molar-refractivity contribution in [3.05, 3.63) is 95.2 Å². The van der Waals surface area contributed by atoms with Gasteiger partial charge in [0.25, 0.3) is 5.56 Å². The Balaban J connectivity index is 1.68. The molecule has 6 nitrogen and oxygen atoms in total. The molecule has 1 fully saturated rings. The standard InChI is InChI=1S/C26H21N5O/c27-16-19-7-1-2-8-22(19)23-15-20(24-9-3-4-12-28-24)18-31(26(23)32)21-10-11-25(29-17-21)30-13-5-6-14-30/h1-4,7-12,15,17-18H,5-6,13-14H2. The average molecular weight is 419 g/mol. The number of pyridine rings is 3. The van der Waals surface area contributed by atoms with Gasteiger partial charge in [0.15, 0.2) is 0 Å². The van der Waals surface area contributed by atoms with E-state index in [0.29, 0.717) is 22.4 Å². The summed E-state index contributed by atoms with van der Waals surface area (Å²) in [7, 11) is 0. The van der Waals surface area contributed by atoms with Gasteiger partial charge in [-0.3, -0.25) is 14.3 Å². The van der Waals surface area contributed by atoms with Crippen LogP contribution in [0.2, 0.25) is 0 Å². The average Bonchev–Trinajstić information content (AvgIpc) is 3.40. The second kappa shape index (κ2) is 8.48. The van der Waals surface area contributed by atoms with Crippen LogP contribution in [0.1, 0.15) is 18.4 Å². The molecule has 5 rings (SSSR count). The maximum absolute atomic E-state index is 13.6. The van der Waals surface area contributed by atoms with Gasteiger partial charge < -0.3 is 4.90 Å². The van der Waals surface area contributed by atoms with E-state index in [-0.39, 0.29) is 5.56 Å². The van der Waals surface area contributed by atoms with E-state index < -0.39 is 0 Å². The molecule has 0 atom stereocenters. The van der Waals surface area contributed by atoms with Crippen LogP contribution in [0.3, 0.4) is 0 Å². The highest BCUT2D eigenvalue weighted by Gasteiger charge is 2.16. The zero-order chi connectivity index (χ0) is 21.9. The van der Waals surface area contributed by atoms with Gasteiger partial charge in [-0.25, -0.2) is 4.98 Å². The van der Waals surface area contributed by atoms with E-state index in [1.54, 1.807) is 41.4 Å². The number of hydrogen-bond acceptors (Lipinski definition) is 5. The third-order valence-electron chi connectivity index (χ3n) is 5.76. The molecule has 0 bridgehead atoms. The van der Waals surface area contributed by atoms with E-state index in [4.69, 9.17) is 0 Å². The van der Waals surface area contributed by atoms with Crippen LogP contribution in [0.4, 0.5) is 5.82 Å². The molecule has 0 amide bonds. The molecule has 32 heavy (non-hydrogen) atoms. The monoisotopic (exact) mass is 419 g/mol. The van der Waals surface area contributed by atoms with Crippen molar-refractivity contribution in [1.82, 2.24) is 14.5 Å². The quantitative estimate of drug-likeness (QED) is 0.489. The van der Waals surface area contributed by atoms with Gasteiger partial charge in [-0.1, -0.05) is 24.3 Å². The minimum absolute atomic E-state index is 0.205. The number of nitrogens with zero attached hydrogens (tertiary/aromatic N) is 5. The molecule has 1 saturated heterocycles. The van der Waals surface area contributed by atoms with Crippen molar-refractivity contribution in [3.63, 3.8) is 0 Å². The van der Waals surface area contributed by atoms with Crippen LogP contribution >= 0.6 is 0 Å². The fraction of sp³-hybridized carbons (Fsp3) is 0.154. The molecule has 0 spiro atoms. The van der Waals surface area contributed by atoms with Gasteiger partial charge in [-0.15, -0.1) is 0 Å². The first-order chi connectivity index (χ1) is 15.7. The molecule has 1 aromatic carbocycles. The minimum Gasteiger partial charge on any atom is -0.357 e. The molecular weight excluding hydrogens is 398 g/mol. The van der Waals surface area contributed by atoms with Gasteiger partial charge >= 0.3 is 0 Å². The fourth-order valence-electron chi connectivity index (χ4n) is 4.11. The zero-order valence-corrected chi connectivity index (χ0v) is 17.5. The van der Waals surface area contributed by atoms with Crippen LogP contribution in [0.15, 0.2) is 84.0 Å². The van der Waals surface area contributed by atoms with Crippen molar-refractivity contribution in [1.29, 1.82) is 5.26 Å². The number of hydrogen-bond donors (Lipinski definition) is 0. The molecule has 4 heterocycles. The van der Waals surface area contributed by atoms with Gasteiger partial charge in [0.2, 0.25) is 0 Å². The van der Waals surface area contributed by atoms with E-state index in [1.807, 2.05) is 42.5 Å². The molecule has 1 aliphatic heterocycles. The first-order valence-corrected chi connectivity index (χ1v) is 10.6. The lowest BCUT2D eigenvalue weighted by Gasteiger charge is -2.17. The highest BCUT2D eigenvalue weighted by Crippen LogP contribution is 2.26. The minimum atomic E-state index is -0.205. The Morgan fingerprint density at radius 3 is 2.44 bits per heavy atom. The fourth-order valence-corrected chi connectivity index (χ4v) is 4.11. The van der Waals surface area contributed by atoms with Crippen molar-refractivity contribution < 1.29 is 0 Å². The molecule has 0 aliphatic carbocycles. The van der Waals surface area contributed by atoms with Crippen LogP contribution < -0.4 is 10.5 Å². The number of aromatic nitrogens is 3. The Kier molecular flexibility index (Phi) is 5.22. The predicted molar refractivity (Wildman–Crippen MR) is 125 cm³/mol. The summed E-state index contributed by atoms with van der Waals surface area (Å²) in [4.78, 5) is 24.9. The van der Waals surface area contributed by atoms with Crippen molar-refractivity contribution in [2.24, 2.45) is 0 Å². The van der Waals surface area contributed by atoms with Gasteiger partial charge in [0.1, 0.15) is 5.82 Å². The number of benzene rings is 1. The van der Waals surface area contributed by atoms with Gasteiger partial charge in [-0.05, 0) is 49.2 Å². The highest BCUT2D eigenvalue weighted by atomic mass is 16.1. The summed E-state index contributed by atoms with van der Waals surface area (Å²) in [5, 5.41) is 9.59. The topological polar surface area (TPSA) is 74.8 Å². The lowest BCUT2D eigenvalue weighted by Crippen LogP contribution is -2.22. The van der Waals surface area contributed by atoms with Gasteiger partial charge in [-0.2, -0.15) is 5.26 Å². The van der Waals surface area contributed by atoms with Crippen molar-refractivity contribution in [3.8, 4) is 34.1 Å². The summed E-state index contributed by atoms with van der Waals surface area (Å²) in [6, 6.07) is 20.7. The lowest BCUT2D eigenvalue weighted by atomic mass is 9.99. The lowest BCUT2D eigenvalue weighted by molar-refractivity contribution is 0.924. The van der Waals surface area contributed by atoms with E-state index in [0.717, 1.165) is 30.2 Å². The molecule has 1 aliphatic rings. The summed E-state index contributed by atoms with van der Waals surface area (Å²) >= 11 is 0. The Morgan fingerprint density at radius 1 is 0.906 bits per heavy atom. The zero-order valence-electron chi connectivity index (χ0n) is 17.5. The highest BCUT2D eigenvalue weighted by molar-refractivity contribution is 5.74. The van der Waals surface area contributed by atoms with E-state index >= 15 is 0 Å². The Morgan fingerprint density at radius 2 is 1.72 bits per heavy atom. The van der Waals surface area contributed by atoms with Crippen LogP contribution in [0.25, 0.3) is 28.1 Å². The van der Waals surface area contributed by atoms with Crippen LogP contribution in [0.5, 0.6) is 0 Å². The number of anilines is 1. The number of rotatable bonds is 4. The maximum Gasteiger partial charge on any atom is 0.263 e. The van der Waals surface area contributed by atoms with E-state index in [9.17, 15) is 10.1 Å². The smallest absolute Gasteiger partial charge is 0.263 e. The predicted octanol–water partition coefficient (Wildman–Crippen LogP) is 4.43. The normalized spacial score (nSPS) is 13.2. The molecule has 156 valence electrons. The van der Waals surface area contributed by atoms with Crippen LogP contribution in [0, 0.1) is 11.3 Å². The first-order valence-electron chi connectivity index (χ1n) is 10.6. The Bertz CT molecular complexity index is 1350. The van der Waals surface area contributed by atoms with Crippen molar-refractivity contribution in [2.75, 3.05) is 18.0 Å². The first kappa shape index (κ1) is 19.7. The summed E-state index contributed by atoms with van der Waals surface area (Å²) in [5.41, 5.74) is 3.52. The molecule has 4 aromatic rings. The van der Waals surface area contributed by atoms with Crippen LogP contribution in [-0.4, -0.2) is 27.6 Å². The summed E-state index contributed by atoms with van der Waals surface area (Å²) < 4.78 is 1.59. The molecule has 0 N–H and O–H groups in total. The van der Waals surface area contributed by atoms with E-state index in [2.05, 4.69) is 20.9 Å². The third-order valence-corrected chi connectivity index (χ3v) is 5.76. The third kappa shape index (κ3) is 3.65. The maximum atomic E-state index is 13.6. The SMILES string of the molecule is N#Cc1ccccc1-c1cc(-c2ccccn2)cn(-c2ccc(N3CCCC3)nc2)c1=O. The second-order valence-electron chi connectivity index (χ2n) is 7.76. The van der Waals surface area contributed by atoms with Gasteiger partial charge in [0.05, 0.1) is 29.2 Å². The number of nitriles is 1. The molecule has 0 unspecified atom stereocenters. The largest absolute Gasteiger partial charge is 0.357 e. The summed E-state index contributed by atoms with van der Waals surface area (Å²) in [6.07, 6.45) is 7.60. The molecule has 3 aromatic heterocycles. The molecular formula is C26H21N5O. The molecule has 6 heteroatoms. The molecule has 0 saturated carbocycles. The summed E-state index contributed by atoms with van der Waals surface area (Å²) in [6.45, 7) is 2.02. The van der Waals surface area contributed by atoms with E-state index in [1.165, 1.54) is 12.8 Å². The molecule has 0 radical (unpaired) electrons. The Hall–Kier alpha value is -4.24. The van der Waals surface area contributed by atoms with Crippen molar-refractivity contribution >= 4 is 5.82 Å². The second-order valence-corrected chi connectivity index (χ2v) is 7.76. The Labute approximate surface area is 186 Å². The summed E-state index contributed by atoms with van der Waals surface area (Å²) in [5.74, 6) is 0.926.